The molecule has 0 aromatic carbocycles. The Morgan fingerprint density at radius 3 is 2.27 bits per heavy atom. The van der Waals surface area contributed by atoms with Crippen molar-refractivity contribution in [3.63, 3.8) is 0 Å². The molecule has 0 N–H and O–H groups in total. The van der Waals surface area contributed by atoms with Crippen LogP contribution in [-0.2, 0) is 11.3 Å². The minimum absolute atomic E-state index is 0.178. The summed E-state index contributed by atoms with van der Waals surface area (Å²) in [4.78, 5) is 17.2. The highest BCUT2D eigenvalue weighted by atomic mass is 16.2. The van der Waals surface area contributed by atoms with Gasteiger partial charge in [-0.2, -0.15) is 0 Å². The fourth-order valence-electron chi connectivity index (χ4n) is 4.04. The number of hydrogen-bond acceptors (Lipinski definition) is 2. The number of nitrogens with zero attached hydrogens (tertiary/aromatic N) is 3. The van der Waals surface area contributed by atoms with Gasteiger partial charge in [0.05, 0.1) is 0 Å². The molecule has 1 aromatic heterocycles. The molecule has 1 aliphatic carbocycles. The van der Waals surface area contributed by atoms with Gasteiger partial charge in [0, 0.05) is 51.5 Å². The van der Waals surface area contributed by atoms with Crippen molar-refractivity contribution in [3.8, 4) is 0 Å². The monoisotopic (exact) mass is 303 g/mol. The maximum Gasteiger partial charge on any atom is 0.223 e. The fraction of sp³-hybridized carbons (Fsp3) is 0.722. The number of aromatic nitrogens is 1. The van der Waals surface area contributed by atoms with Gasteiger partial charge in [-0.3, -0.25) is 4.79 Å². The summed E-state index contributed by atoms with van der Waals surface area (Å²) in [6.07, 6.45) is 11.3. The van der Waals surface area contributed by atoms with Crippen LogP contribution in [0.25, 0.3) is 0 Å². The zero-order chi connectivity index (χ0) is 15.4. The van der Waals surface area contributed by atoms with Gasteiger partial charge in [0.15, 0.2) is 0 Å². The maximum atomic E-state index is 12.8. The second kappa shape index (κ2) is 6.86. The Hall–Kier alpha value is -1.29. The van der Waals surface area contributed by atoms with Gasteiger partial charge in [-0.15, -0.1) is 0 Å². The molecule has 122 valence electrons. The molecule has 2 heterocycles. The van der Waals surface area contributed by atoms with Crippen molar-refractivity contribution in [2.45, 2.75) is 45.1 Å². The molecule has 0 radical (unpaired) electrons. The van der Waals surface area contributed by atoms with Crippen molar-refractivity contribution in [1.82, 2.24) is 14.4 Å². The lowest BCUT2D eigenvalue weighted by molar-refractivity contribution is -0.136. The highest BCUT2D eigenvalue weighted by molar-refractivity contribution is 5.77. The first-order valence-electron chi connectivity index (χ1n) is 8.74. The zero-order valence-corrected chi connectivity index (χ0v) is 13.8. The van der Waals surface area contributed by atoms with E-state index in [9.17, 15) is 4.79 Å². The lowest BCUT2D eigenvalue weighted by Crippen LogP contribution is -2.48. The van der Waals surface area contributed by atoms with Crippen LogP contribution in [0.1, 0.15) is 38.5 Å². The van der Waals surface area contributed by atoms with Crippen LogP contribution in [-0.4, -0.2) is 53.5 Å². The van der Waals surface area contributed by atoms with Gasteiger partial charge in [-0.25, -0.2) is 0 Å². The number of hydrogen-bond donors (Lipinski definition) is 0. The SMILES string of the molecule is CN1CCN(C(=O)CC2(Cn3cccc3)CCCCC2)CC1. The van der Waals surface area contributed by atoms with Gasteiger partial charge >= 0.3 is 0 Å². The van der Waals surface area contributed by atoms with Crippen LogP contribution in [0.4, 0.5) is 0 Å². The third-order valence-electron chi connectivity index (χ3n) is 5.48. The average Bonchev–Trinajstić information content (AvgIpc) is 3.01. The van der Waals surface area contributed by atoms with Crippen LogP contribution in [0.3, 0.4) is 0 Å². The lowest BCUT2D eigenvalue weighted by atomic mass is 9.71. The number of carbonyl (C=O) groups excluding carboxylic acids is 1. The Morgan fingerprint density at radius 2 is 1.64 bits per heavy atom. The summed E-state index contributed by atoms with van der Waals surface area (Å²) in [5, 5.41) is 0. The first-order chi connectivity index (χ1) is 10.7. The second-order valence-electron chi connectivity index (χ2n) is 7.28. The molecule has 0 atom stereocenters. The Bertz CT molecular complexity index is 469. The highest BCUT2D eigenvalue weighted by Gasteiger charge is 2.36. The lowest BCUT2D eigenvalue weighted by Gasteiger charge is -2.40. The number of carbonyl (C=O) groups is 1. The third kappa shape index (κ3) is 3.72. The van der Waals surface area contributed by atoms with E-state index in [1.807, 2.05) is 0 Å². The number of likely N-dealkylation sites (N-methyl/N-ethyl adjacent to an activating group) is 1. The molecule has 1 aliphatic heterocycles. The van der Waals surface area contributed by atoms with Crippen molar-refractivity contribution in [3.05, 3.63) is 24.5 Å². The van der Waals surface area contributed by atoms with E-state index < -0.39 is 0 Å². The predicted molar refractivity (Wildman–Crippen MR) is 88.6 cm³/mol. The van der Waals surface area contributed by atoms with E-state index >= 15 is 0 Å². The number of piperazine rings is 1. The molecular weight excluding hydrogens is 274 g/mol. The molecule has 1 saturated heterocycles. The Kier molecular flexibility index (Phi) is 4.87. The molecule has 0 spiro atoms. The minimum Gasteiger partial charge on any atom is -0.354 e. The topological polar surface area (TPSA) is 28.5 Å². The van der Waals surface area contributed by atoms with Crippen LogP contribution in [0.2, 0.25) is 0 Å². The van der Waals surface area contributed by atoms with Gasteiger partial charge in [-0.1, -0.05) is 19.3 Å². The van der Waals surface area contributed by atoms with E-state index in [-0.39, 0.29) is 5.41 Å². The number of rotatable bonds is 4. The molecule has 1 saturated carbocycles. The van der Waals surface area contributed by atoms with Gasteiger partial charge in [0.2, 0.25) is 5.91 Å². The highest BCUT2D eigenvalue weighted by Crippen LogP contribution is 2.41. The van der Waals surface area contributed by atoms with Crippen molar-refractivity contribution in [2.75, 3.05) is 33.2 Å². The number of amides is 1. The summed E-state index contributed by atoms with van der Waals surface area (Å²) in [6.45, 7) is 4.82. The van der Waals surface area contributed by atoms with Crippen molar-refractivity contribution in [2.24, 2.45) is 5.41 Å². The molecule has 3 rings (SSSR count). The Labute approximate surface area is 134 Å². The van der Waals surface area contributed by atoms with E-state index in [0.717, 1.165) is 39.1 Å². The molecule has 4 heteroatoms. The molecule has 2 aliphatic rings. The van der Waals surface area contributed by atoms with Crippen molar-refractivity contribution < 1.29 is 4.79 Å². The molecular formula is C18H29N3O. The van der Waals surface area contributed by atoms with Crippen LogP contribution in [0.15, 0.2) is 24.5 Å². The normalized spacial score (nSPS) is 22.7. The first-order valence-corrected chi connectivity index (χ1v) is 8.74. The smallest absolute Gasteiger partial charge is 0.223 e. The van der Waals surface area contributed by atoms with E-state index in [4.69, 9.17) is 0 Å². The van der Waals surface area contributed by atoms with Crippen LogP contribution in [0, 0.1) is 5.41 Å². The summed E-state index contributed by atoms with van der Waals surface area (Å²) in [5.74, 6) is 0.377. The molecule has 0 bridgehead atoms. The van der Waals surface area contributed by atoms with Gasteiger partial charge in [0.1, 0.15) is 0 Å². The standard InChI is InChI=1S/C18H29N3O/c1-19-11-13-21(14-12-19)17(22)15-18(7-3-2-4-8-18)16-20-9-5-6-10-20/h5-6,9-10H,2-4,7-8,11-16H2,1H3. The quantitative estimate of drug-likeness (QED) is 0.855. The molecule has 1 aromatic rings. The molecule has 22 heavy (non-hydrogen) atoms. The van der Waals surface area contributed by atoms with Crippen molar-refractivity contribution >= 4 is 5.91 Å². The van der Waals surface area contributed by atoms with Crippen LogP contribution < -0.4 is 0 Å². The zero-order valence-electron chi connectivity index (χ0n) is 13.8. The molecule has 0 unspecified atom stereocenters. The van der Waals surface area contributed by atoms with Crippen LogP contribution in [0.5, 0.6) is 0 Å². The summed E-state index contributed by atoms with van der Waals surface area (Å²) < 4.78 is 2.27. The Balaban J connectivity index is 1.65. The molecule has 1 amide bonds. The van der Waals surface area contributed by atoms with E-state index in [0.29, 0.717) is 5.91 Å². The summed E-state index contributed by atoms with van der Waals surface area (Å²) >= 11 is 0. The van der Waals surface area contributed by atoms with Crippen LogP contribution >= 0.6 is 0 Å². The van der Waals surface area contributed by atoms with Gasteiger partial charge < -0.3 is 14.4 Å². The largest absolute Gasteiger partial charge is 0.354 e. The fourth-order valence-corrected chi connectivity index (χ4v) is 4.04. The molecule has 2 fully saturated rings. The van der Waals surface area contributed by atoms with Crippen molar-refractivity contribution in [1.29, 1.82) is 0 Å². The molecule has 4 nitrogen and oxygen atoms in total. The first kappa shape index (κ1) is 15.6. The minimum atomic E-state index is 0.178. The third-order valence-corrected chi connectivity index (χ3v) is 5.48. The van der Waals surface area contributed by atoms with Gasteiger partial charge in [-0.05, 0) is 37.4 Å². The summed E-state index contributed by atoms with van der Waals surface area (Å²) in [5.41, 5.74) is 0.178. The van der Waals surface area contributed by atoms with Gasteiger partial charge in [0.25, 0.3) is 0 Å². The summed E-state index contributed by atoms with van der Waals surface area (Å²) in [6, 6.07) is 4.16. The maximum absolute atomic E-state index is 12.8. The van der Waals surface area contributed by atoms with E-state index in [1.54, 1.807) is 0 Å². The van der Waals surface area contributed by atoms with E-state index in [2.05, 4.69) is 45.9 Å². The average molecular weight is 303 g/mol. The predicted octanol–water partition coefficient (Wildman–Crippen LogP) is 2.60. The second-order valence-corrected chi connectivity index (χ2v) is 7.28. The Morgan fingerprint density at radius 1 is 1.00 bits per heavy atom. The van der Waals surface area contributed by atoms with E-state index in [1.165, 1.54) is 32.1 Å². The summed E-state index contributed by atoms with van der Waals surface area (Å²) in [7, 11) is 2.14.